The smallest absolute Gasteiger partial charge is 0.276 e. The summed E-state index contributed by atoms with van der Waals surface area (Å²) < 4.78 is 34.5. The van der Waals surface area contributed by atoms with E-state index in [9.17, 15) is 18.4 Å². The first-order valence-corrected chi connectivity index (χ1v) is 9.38. The van der Waals surface area contributed by atoms with Crippen LogP contribution in [-0.4, -0.2) is 81.4 Å². The van der Waals surface area contributed by atoms with E-state index in [1.807, 2.05) is 0 Å². The van der Waals surface area contributed by atoms with Gasteiger partial charge in [-0.25, -0.2) is 13.5 Å². The minimum Gasteiger partial charge on any atom is -0.378 e. The molecule has 1 aromatic rings. The lowest BCUT2D eigenvalue weighted by Crippen LogP contribution is -2.44. The maximum absolute atomic E-state index is 14.0. The molecule has 4 rings (SSSR count). The van der Waals surface area contributed by atoms with Gasteiger partial charge in [0.15, 0.2) is 5.69 Å². The van der Waals surface area contributed by atoms with Gasteiger partial charge in [0.05, 0.1) is 38.5 Å². The molecule has 0 bridgehead atoms. The number of nitrogens with zero attached hydrogens (tertiary/aromatic N) is 5. The Balaban J connectivity index is 1.43. The van der Waals surface area contributed by atoms with Crippen LogP contribution in [0.1, 0.15) is 36.2 Å². The number of ether oxygens (including phenoxy) is 1. The summed E-state index contributed by atoms with van der Waals surface area (Å²) in [5, 5.41) is 7.81. The number of hydrogen-bond donors (Lipinski definition) is 0. The zero-order chi connectivity index (χ0) is 19.0. The molecular formula is C17H23F2N5O3. The van der Waals surface area contributed by atoms with Crippen molar-refractivity contribution in [2.45, 2.75) is 44.2 Å². The van der Waals surface area contributed by atoms with E-state index in [0.29, 0.717) is 26.3 Å². The van der Waals surface area contributed by atoms with E-state index in [0.717, 1.165) is 19.3 Å². The average molecular weight is 383 g/mol. The van der Waals surface area contributed by atoms with E-state index in [4.69, 9.17) is 4.74 Å². The van der Waals surface area contributed by atoms with Crippen LogP contribution >= 0.6 is 0 Å². The van der Waals surface area contributed by atoms with Gasteiger partial charge < -0.3 is 14.5 Å². The predicted octanol–water partition coefficient (Wildman–Crippen LogP) is 0.787. The molecule has 1 aliphatic carbocycles. The largest absolute Gasteiger partial charge is 0.378 e. The highest BCUT2D eigenvalue weighted by Gasteiger charge is 2.48. The van der Waals surface area contributed by atoms with Gasteiger partial charge in [0.2, 0.25) is 5.91 Å². The zero-order valence-corrected chi connectivity index (χ0v) is 15.0. The molecule has 1 aromatic heterocycles. The quantitative estimate of drug-likeness (QED) is 0.768. The summed E-state index contributed by atoms with van der Waals surface area (Å²) in [6.45, 7) is 1.51. The minimum absolute atomic E-state index is 0.109. The van der Waals surface area contributed by atoms with E-state index >= 15 is 0 Å². The number of morpholine rings is 1. The van der Waals surface area contributed by atoms with Crippen molar-refractivity contribution in [2.75, 3.05) is 32.8 Å². The van der Waals surface area contributed by atoms with Crippen molar-refractivity contribution < 1.29 is 23.1 Å². The van der Waals surface area contributed by atoms with Crippen molar-refractivity contribution >= 4 is 11.8 Å². The molecule has 10 heteroatoms. The number of aromatic nitrogens is 3. The van der Waals surface area contributed by atoms with Crippen LogP contribution in [0.3, 0.4) is 0 Å². The maximum Gasteiger partial charge on any atom is 0.276 e. The molecule has 2 saturated heterocycles. The average Bonchev–Trinajstić information content (AvgIpc) is 3.17. The molecule has 3 aliphatic rings. The summed E-state index contributed by atoms with van der Waals surface area (Å²) in [6.07, 6.45) is 3.60. The van der Waals surface area contributed by atoms with Gasteiger partial charge in [-0.2, -0.15) is 0 Å². The molecule has 148 valence electrons. The fraction of sp³-hybridized carbons (Fsp3) is 0.765. The van der Waals surface area contributed by atoms with E-state index in [-0.39, 0.29) is 30.0 Å². The second-order valence-corrected chi connectivity index (χ2v) is 7.54. The van der Waals surface area contributed by atoms with Crippen LogP contribution in [0.4, 0.5) is 8.78 Å². The third kappa shape index (κ3) is 3.80. The van der Waals surface area contributed by atoms with Crippen LogP contribution in [0.2, 0.25) is 0 Å². The molecule has 0 spiro atoms. The van der Waals surface area contributed by atoms with Gasteiger partial charge >= 0.3 is 0 Å². The van der Waals surface area contributed by atoms with Crippen molar-refractivity contribution in [3.63, 3.8) is 0 Å². The molecule has 2 amide bonds. The Morgan fingerprint density at radius 3 is 2.67 bits per heavy atom. The molecule has 0 aromatic carbocycles. The molecule has 0 radical (unpaired) electrons. The van der Waals surface area contributed by atoms with Gasteiger partial charge in [-0.05, 0) is 12.8 Å². The summed E-state index contributed by atoms with van der Waals surface area (Å²) in [7, 11) is 0. The molecule has 3 heterocycles. The summed E-state index contributed by atoms with van der Waals surface area (Å²) in [5.41, 5.74) is 0.179. The highest BCUT2D eigenvalue weighted by atomic mass is 19.3. The topological polar surface area (TPSA) is 80.6 Å². The monoisotopic (exact) mass is 383 g/mol. The number of carbonyl (C=O) groups is 2. The molecule has 1 unspecified atom stereocenters. The molecule has 2 aliphatic heterocycles. The SMILES string of the molecule is O=C(c1cn(CC2CC(F)(F)CN2C(=O)C2CCC2)nn1)N1CCOCC1. The first-order chi connectivity index (χ1) is 12.9. The predicted molar refractivity (Wildman–Crippen MR) is 89.2 cm³/mol. The lowest BCUT2D eigenvalue weighted by Gasteiger charge is -2.32. The molecule has 0 N–H and O–H groups in total. The minimum atomic E-state index is -2.89. The number of halogens is 2. The summed E-state index contributed by atoms with van der Waals surface area (Å²) in [5.74, 6) is -3.45. The Kier molecular flexibility index (Phi) is 4.83. The van der Waals surface area contributed by atoms with Crippen LogP contribution in [-0.2, 0) is 16.1 Å². The summed E-state index contributed by atoms with van der Waals surface area (Å²) >= 11 is 0. The highest BCUT2D eigenvalue weighted by Crippen LogP contribution is 2.37. The Morgan fingerprint density at radius 1 is 1.26 bits per heavy atom. The number of carbonyl (C=O) groups excluding carboxylic acids is 2. The first kappa shape index (κ1) is 18.3. The Hall–Kier alpha value is -2.10. The van der Waals surface area contributed by atoms with Gasteiger partial charge in [0.25, 0.3) is 11.8 Å². The lowest BCUT2D eigenvalue weighted by molar-refractivity contribution is -0.140. The van der Waals surface area contributed by atoms with Gasteiger partial charge in [-0.1, -0.05) is 11.6 Å². The Morgan fingerprint density at radius 2 is 2.00 bits per heavy atom. The maximum atomic E-state index is 14.0. The second-order valence-electron chi connectivity index (χ2n) is 7.54. The van der Waals surface area contributed by atoms with Crippen LogP contribution in [0.25, 0.3) is 0 Å². The van der Waals surface area contributed by atoms with Crippen LogP contribution < -0.4 is 0 Å². The highest BCUT2D eigenvalue weighted by molar-refractivity contribution is 5.92. The molecule has 1 atom stereocenters. The van der Waals surface area contributed by atoms with E-state index in [1.165, 1.54) is 15.8 Å². The third-order valence-electron chi connectivity index (χ3n) is 5.57. The molecule has 1 saturated carbocycles. The molecule has 8 nitrogen and oxygen atoms in total. The van der Waals surface area contributed by atoms with E-state index in [1.54, 1.807) is 4.90 Å². The van der Waals surface area contributed by atoms with Crippen LogP contribution in [0, 0.1) is 5.92 Å². The number of hydrogen-bond acceptors (Lipinski definition) is 5. The lowest BCUT2D eigenvalue weighted by atomic mass is 9.84. The standard InChI is InChI=1S/C17H23F2N5O3/c18-17(19)8-13(24(11-17)15(25)12-2-1-3-12)9-23-10-14(20-21-23)16(26)22-4-6-27-7-5-22/h10,12-13H,1-9,11H2. The normalized spacial score (nSPS) is 25.5. The number of rotatable bonds is 4. The second kappa shape index (κ2) is 7.14. The molecule has 27 heavy (non-hydrogen) atoms. The van der Waals surface area contributed by atoms with Crippen molar-refractivity contribution in [3.8, 4) is 0 Å². The van der Waals surface area contributed by atoms with Crippen molar-refractivity contribution in [1.29, 1.82) is 0 Å². The van der Waals surface area contributed by atoms with Gasteiger partial charge in [-0.15, -0.1) is 5.10 Å². The molecule has 3 fully saturated rings. The van der Waals surface area contributed by atoms with Crippen molar-refractivity contribution in [1.82, 2.24) is 24.8 Å². The Labute approximate surface area is 155 Å². The molecular weight excluding hydrogens is 360 g/mol. The number of alkyl halides is 2. The summed E-state index contributed by atoms with van der Waals surface area (Å²) in [4.78, 5) is 27.9. The van der Waals surface area contributed by atoms with Gasteiger partial charge in [-0.3, -0.25) is 9.59 Å². The van der Waals surface area contributed by atoms with Gasteiger partial charge in [0.1, 0.15) is 0 Å². The Bertz CT molecular complexity index is 715. The van der Waals surface area contributed by atoms with Crippen molar-refractivity contribution in [3.05, 3.63) is 11.9 Å². The fourth-order valence-electron chi connectivity index (χ4n) is 3.84. The van der Waals surface area contributed by atoms with Crippen LogP contribution in [0.15, 0.2) is 6.20 Å². The van der Waals surface area contributed by atoms with Crippen LogP contribution in [0.5, 0.6) is 0 Å². The summed E-state index contributed by atoms with van der Waals surface area (Å²) in [6, 6.07) is -0.638. The van der Waals surface area contributed by atoms with Crippen molar-refractivity contribution in [2.24, 2.45) is 5.92 Å². The first-order valence-electron chi connectivity index (χ1n) is 9.38. The van der Waals surface area contributed by atoms with Gasteiger partial charge in [0, 0.05) is 25.4 Å². The third-order valence-corrected chi connectivity index (χ3v) is 5.57. The van der Waals surface area contributed by atoms with E-state index in [2.05, 4.69) is 10.3 Å². The number of likely N-dealkylation sites (tertiary alicyclic amines) is 1. The van der Waals surface area contributed by atoms with E-state index < -0.39 is 24.9 Å². The number of amides is 2. The zero-order valence-electron chi connectivity index (χ0n) is 15.0. The fourth-order valence-corrected chi connectivity index (χ4v) is 3.84.